The molecule has 2 amide bonds. The summed E-state index contributed by atoms with van der Waals surface area (Å²) in [5, 5.41) is 5.14. The molecule has 0 aliphatic heterocycles. The van der Waals surface area contributed by atoms with Crippen LogP contribution in [-0.2, 0) is 4.79 Å². The number of benzene rings is 3. The van der Waals surface area contributed by atoms with E-state index < -0.39 is 17.6 Å². The van der Waals surface area contributed by atoms with Gasteiger partial charge < -0.3 is 19.7 Å². The Morgan fingerprint density at radius 1 is 0.923 bits per heavy atom. The predicted molar refractivity (Wildman–Crippen MR) is 153 cm³/mol. The van der Waals surface area contributed by atoms with Crippen LogP contribution in [0.4, 0.5) is 0 Å². The molecule has 1 aromatic heterocycles. The summed E-state index contributed by atoms with van der Waals surface area (Å²) in [5.41, 5.74) is 1.33. The van der Waals surface area contributed by atoms with Crippen molar-refractivity contribution in [3.63, 3.8) is 0 Å². The van der Waals surface area contributed by atoms with Gasteiger partial charge in [0.1, 0.15) is 17.5 Å². The molecule has 1 unspecified atom stereocenters. The third-order valence-electron chi connectivity index (χ3n) is 6.59. The van der Waals surface area contributed by atoms with Crippen molar-refractivity contribution in [2.24, 2.45) is 0 Å². The minimum absolute atomic E-state index is 0.302. The van der Waals surface area contributed by atoms with Gasteiger partial charge in [0.05, 0.1) is 25.8 Å². The lowest BCUT2D eigenvalue weighted by Gasteiger charge is -2.38. The third kappa shape index (κ3) is 6.03. The summed E-state index contributed by atoms with van der Waals surface area (Å²) in [7, 11) is 3.06. The zero-order valence-electron chi connectivity index (χ0n) is 23.3. The molecule has 0 aliphatic carbocycles. The van der Waals surface area contributed by atoms with E-state index in [1.807, 2.05) is 76.2 Å². The first-order valence-electron chi connectivity index (χ1n) is 12.9. The van der Waals surface area contributed by atoms with Crippen molar-refractivity contribution >= 4 is 22.6 Å². The highest BCUT2D eigenvalue weighted by Gasteiger charge is 2.38. The maximum absolute atomic E-state index is 14.6. The second kappa shape index (κ2) is 11.6. The van der Waals surface area contributed by atoms with E-state index in [0.29, 0.717) is 22.6 Å². The topological polar surface area (TPSA) is 80.8 Å². The van der Waals surface area contributed by atoms with Crippen LogP contribution in [-0.4, -0.2) is 41.5 Å². The molecule has 3 aromatic carbocycles. The Balaban J connectivity index is 1.95. The van der Waals surface area contributed by atoms with Crippen molar-refractivity contribution in [3.8, 4) is 11.5 Å². The van der Waals surface area contributed by atoms with Crippen LogP contribution in [0.1, 0.15) is 61.3 Å². The van der Waals surface area contributed by atoms with Gasteiger partial charge in [0.2, 0.25) is 5.91 Å². The van der Waals surface area contributed by atoms with Crippen LogP contribution in [0.3, 0.4) is 0 Å². The number of nitrogens with zero attached hydrogens (tertiary/aromatic N) is 2. The SMILES string of the molecule is COc1ccc(C(=O)N(C(C(=O)NC(C)(C)C)c2cccnc2)[C@H](C)c2cccc3ccccc23)c(OC)c1. The Labute approximate surface area is 229 Å². The number of amides is 2. The Morgan fingerprint density at radius 2 is 1.67 bits per heavy atom. The summed E-state index contributed by atoms with van der Waals surface area (Å²) in [6.07, 6.45) is 3.28. The highest BCUT2D eigenvalue weighted by molar-refractivity contribution is 6.01. The van der Waals surface area contributed by atoms with Crippen LogP contribution in [0, 0.1) is 0 Å². The van der Waals surface area contributed by atoms with Gasteiger partial charge in [-0.2, -0.15) is 0 Å². The smallest absolute Gasteiger partial charge is 0.259 e. The van der Waals surface area contributed by atoms with Gasteiger partial charge in [0.15, 0.2) is 0 Å². The number of pyridine rings is 1. The van der Waals surface area contributed by atoms with E-state index in [-0.39, 0.29) is 11.8 Å². The number of carbonyl (C=O) groups is 2. The van der Waals surface area contributed by atoms with Crippen LogP contribution in [0.5, 0.6) is 11.5 Å². The van der Waals surface area contributed by atoms with E-state index in [0.717, 1.165) is 16.3 Å². The molecule has 7 nitrogen and oxygen atoms in total. The average molecular weight is 526 g/mol. The molecule has 202 valence electrons. The minimum atomic E-state index is -0.966. The van der Waals surface area contributed by atoms with Crippen LogP contribution >= 0.6 is 0 Å². The summed E-state index contributed by atoms with van der Waals surface area (Å²) in [4.78, 5) is 34.5. The quantitative estimate of drug-likeness (QED) is 0.300. The van der Waals surface area contributed by atoms with Gasteiger partial charge in [0, 0.05) is 29.6 Å². The fourth-order valence-electron chi connectivity index (χ4n) is 4.81. The molecule has 0 radical (unpaired) electrons. The fraction of sp³-hybridized carbons (Fsp3) is 0.281. The molecule has 0 fully saturated rings. The predicted octanol–water partition coefficient (Wildman–Crippen LogP) is 6.11. The molecular formula is C32H35N3O4. The molecule has 0 aliphatic rings. The first kappa shape index (κ1) is 27.6. The summed E-state index contributed by atoms with van der Waals surface area (Å²) >= 11 is 0. The largest absolute Gasteiger partial charge is 0.497 e. The van der Waals surface area contributed by atoms with Crippen molar-refractivity contribution in [1.82, 2.24) is 15.2 Å². The van der Waals surface area contributed by atoms with Gasteiger partial charge in [-0.05, 0) is 62.2 Å². The molecule has 0 bridgehead atoms. The number of nitrogens with one attached hydrogen (secondary N) is 1. The summed E-state index contributed by atoms with van der Waals surface area (Å²) in [6, 6.07) is 21.2. The molecule has 2 atom stereocenters. The Hall–Kier alpha value is -4.39. The minimum Gasteiger partial charge on any atom is -0.497 e. The second-order valence-corrected chi connectivity index (χ2v) is 10.5. The lowest BCUT2D eigenvalue weighted by atomic mass is 9.94. The number of aromatic nitrogens is 1. The van der Waals surface area contributed by atoms with Crippen molar-refractivity contribution in [2.45, 2.75) is 45.3 Å². The zero-order valence-corrected chi connectivity index (χ0v) is 23.3. The normalized spacial score (nSPS) is 12.9. The molecule has 1 N–H and O–H groups in total. The van der Waals surface area contributed by atoms with Crippen molar-refractivity contribution < 1.29 is 19.1 Å². The van der Waals surface area contributed by atoms with E-state index >= 15 is 0 Å². The number of carbonyl (C=O) groups excluding carboxylic acids is 2. The number of methoxy groups -OCH3 is 2. The van der Waals surface area contributed by atoms with Crippen LogP contribution < -0.4 is 14.8 Å². The van der Waals surface area contributed by atoms with Gasteiger partial charge in [0.25, 0.3) is 5.91 Å². The van der Waals surface area contributed by atoms with Crippen molar-refractivity contribution in [1.29, 1.82) is 0 Å². The van der Waals surface area contributed by atoms with Crippen LogP contribution in [0.25, 0.3) is 10.8 Å². The molecule has 4 rings (SSSR count). The molecular weight excluding hydrogens is 490 g/mol. The highest BCUT2D eigenvalue weighted by atomic mass is 16.5. The Morgan fingerprint density at radius 3 is 2.33 bits per heavy atom. The summed E-state index contributed by atoms with van der Waals surface area (Å²) in [6.45, 7) is 7.69. The van der Waals surface area contributed by atoms with Gasteiger partial charge in [-0.1, -0.05) is 48.5 Å². The summed E-state index contributed by atoms with van der Waals surface area (Å²) in [5.74, 6) is 0.262. The number of rotatable bonds is 8. The van der Waals surface area contributed by atoms with Crippen molar-refractivity contribution in [3.05, 3.63) is 102 Å². The Kier molecular flexibility index (Phi) is 8.19. The van der Waals surface area contributed by atoms with E-state index in [9.17, 15) is 9.59 Å². The number of ether oxygens (including phenoxy) is 2. The highest BCUT2D eigenvalue weighted by Crippen LogP contribution is 2.37. The molecule has 0 saturated carbocycles. The van der Waals surface area contributed by atoms with E-state index in [4.69, 9.17) is 9.47 Å². The fourth-order valence-corrected chi connectivity index (χ4v) is 4.81. The molecule has 0 spiro atoms. The van der Waals surface area contributed by atoms with E-state index in [1.54, 1.807) is 48.7 Å². The van der Waals surface area contributed by atoms with Crippen LogP contribution in [0.15, 0.2) is 85.2 Å². The van der Waals surface area contributed by atoms with E-state index in [1.165, 1.54) is 7.11 Å². The van der Waals surface area contributed by atoms with Crippen LogP contribution in [0.2, 0.25) is 0 Å². The lowest BCUT2D eigenvalue weighted by molar-refractivity contribution is -0.128. The first-order chi connectivity index (χ1) is 18.6. The van der Waals surface area contributed by atoms with Gasteiger partial charge in [-0.15, -0.1) is 0 Å². The molecule has 1 heterocycles. The zero-order chi connectivity index (χ0) is 28.2. The maximum atomic E-state index is 14.6. The monoisotopic (exact) mass is 525 g/mol. The molecule has 7 heteroatoms. The lowest BCUT2D eigenvalue weighted by Crippen LogP contribution is -2.50. The van der Waals surface area contributed by atoms with Gasteiger partial charge >= 0.3 is 0 Å². The average Bonchev–Trinajstić information content (AvgIpc) is 2.93. The maximum Gasteiger partial charge on any atom is 0.259 e. The first-order valence-corrected chi connectivity index (χ1v) is 12.9. The van der Waals surface area contributed by atoms with Crippen molar-refractivity contribution in [2.75, 3.05) is 14.2 Å². The number of hydrogen-bond acceptors (Lipinski definition) is 5. The Bertz CT molecular complexity index is 1460. The molecule has 0 saturated heterocycles. The molecule has 39 heavy (non-hydrogen) atoms. The number of hydrogen-bond donors (Lipinski definition) is 1. The third-order valence-corrected chi connectivity index (χ3v) is 6.59. The second-order valence-electron chi connectivity index (χ2n) is 10.5. The summed E-state index contributed by atoms with van der Waals surface area (Å²) < 4.78 is 11.0. The standard InChI is InChI=1S/C32H35N3O4/c1-21(25-15-9-12-22-11-7-8-14-26(22)25)35(31(37)27-17-16-24(38-5)19-28(27)39-6)29(23-13-10-18-33-20-23)30(36)34-32(2,3)4/h7-21,29H,1-6H3,(H,34,36)/t21-,29?/m1/s1. The van der Waals surface area contributed by atoms with E-state index in [2.05, 4.69) is 10.3 Å². The number of fused-ring (bicyclic) bond motifs is 1. The van der Waals surface area contributed by atoms with Gasteiger partial charge in [-0.25, -0.2) is 0 Å². The molecule has 4 aromatic rings. The van der Waals surface area contributed by atoms with Gasteiger partial charge in [-0.3, -0.25) is 14.6 Å².